The van der Waals surface area contributed by atoms with Gasteiger partial charge in [-0.05, 0) is 47.7 Å². The molecule has 0 bridgehead atoms. The van der Waals surface area contributed by atoms with Gasteiger partial charge in [0, 0.05) is 10.4 Å². The van der Waals surface area contributed by atoms with Crippen molar-refractivity contribution in [3.05, 3.63) is 59.0 Å². The molecule has 112 valence electrons. The number of fused-ring (bicyclic) bond motifs is 1. The van der Waals surface area contributed by atoms with Crippen LogP contribution in [0.4, 0.5) is 5.69 Å². The third-order valence-corrected chi connectivity index (χ3v) is 4.74. The van der Waals surface area contributed by atoms with E-state index in [4.69, 9.17) is 0 Å². The van der Waals surface area contributed by atoms with E-state index in [1.54, 1.807) is 24.3 Å². The van der Waals surface area contributed by atoms with Crippen LogP contribution in [0, 0.1) is 0 Å². The largest absolute Gasteiger partial charge is 0.508 e. The Morgan fingerprint density at radius 1 is 1.14 bits per heavy atom. The van der Waals surface area contributed by atoms with Crippen LogP contribution in [0.5, 0.6) is 5.75 Å². The first-order chi connectivity index (χ1) is 10.7. The highest BCUT2D eigenvalue weighted by molar-refractivity contribution is 7.21. The molecule has 3 aromatic rings. The fourth-order valence-electron chi connectivity index (χ4n) is 2.51. The van der Waals surface area contributed by atoms with E-state index >= 15 is 0 Å². The number of aryl methyl sites for hydroxylation is 1. The molecule has 0 saturated heterocycles. The summed E-state index contributed by atoms with van der Waals surface area (Å²) < 4.78 is 1.14. The van der Waals surface area contributed by atoms with Gasteiger partial charge in [0.1, 0.15) is 5.75 Å². The lowest BCUT2D eigenvalue weighted by molar-refractivity contribution is 0.103. The third-order valence-electron chi connectivity index (χ3n) is 3.53. The van der Waals surface area contributed by atoms with Gasteiger partial charge in [-0.2, -0.15) is 0 Å². The van der Waals surface area contributed by atoms with Crippen LogP contribution < -0.4 is 5.32 Å². The maximum atomic E-state index is 12.6. The van der Waals surface area contributed by atoms with E-state index in [0.717, 1.165) is 28.0 Å². The third kappa shape index (κ3) is 2.83. The SMILES string of the molecule is CCCc1c(C(=O)Nc2ccc(O)cc2)sc2ccccc12. The lowest BCUT2D eigenvalue weighted by Gasteiger charge is -2.06. The summed E-state index contributed by atoms with van der Waals surface area (Å²) in [5, 5.41) is 13.4. The van der Waals surface area contributed by atoms with Crippen LogP contribution in [0.15, 0.2) is 48.5 Å². The van der Waals surface area contributed by atoms with Crippen molar-refractivity contribution in [1.82, 2.24) is 0 Å². The molecule has 0 fully saturated rings. The molecule has 0 aliphatic carbocycles. The van der Waals surface area contributed by atoms with Crippen LogP contribution in [0.3, 0.4) is 0 Å². The number of carbonyl (C=O) groups excluding carboxylic acids is 1. The summed E-state index contributed by atoms with van der Waals surface area (Å²) >= 11 is 1.53. The fraction of sp³-hybridized carbons (Fsp3) is 0.167. The van der Waals surface area contributed by atoms with Crippen LogP contribution in [0.2, 0.25) is 0 Å². The van der Waals surface area contributed by atoms with E-state index in [1.807, 2.05) is 12.1 Å². The quantitative estimate of drug-likeness (QED) is 0.679. The van der Waals surface area contributed by atoms with E-state index < -0.39 is 0 Å². The molecule has 0 radical (unpaired) electrons. The number of benzene rings is 2. The minimum Gasteiger partial charge on any atom is -0.508 e. The molecule has 0 aliphatic rings. The second-order valence-corrected chi connectivity index (χ2v) is 6.21. The van der Waals surface area contributed by atoms with Gasteiger partial charge in [-0.25, -0.2) is 0 Å². The van der Waals surface area contributed by atoms with Crippen molar-refractivity contribution in [2.75, 3.05) is 5.32 Å². The van der Waals surface area contributed by atoms with Gasteiger partial charge in [0.05, 0.1) is 4.88 Å². The van der Waals surface area contributed by atoms with Crippen LogP contribution in [0.1, 0.15) is 28.6 Å². The van der Waals surface area contributed by atoms with Crippen molar-refractivity contribution >= 4 is 33.0 Å². The number of thiophene rings is 1. The number of amides is 1. The molecule has 0 spiro atoms. The van der Waals surface area contributed by atoms with Gasteiger partial charge in [-0.1, -0.05) is 31.5 Å². The van der Waals surface area contributed by atoms with Crippen molar-refractivity contribution in [3.8, 4) is 5.75 Å². The Morgan fingerprint density at radius 2 is 1.86 bits per heavy atom. The van der Waals surface area contributed by atoms with Crippen LogP contribution in [-0.4, -0.2) is 11.0 Å². The number of hydrogen-bond donors (Lipinski definition) is 2. The molecule has 22 heavy (non-hydrogen) atoms. The number of phenols is 1. The number of hydrogen-bond acceptors (Lipinski definition) is 3. The number of phenolic OH excluding ortho intramolecular Hbond substituents is 1. The predicted molar refractivity (Wildman–Crippen MR) is 91.9 cm³/mol. The minimum absolute atomic E-state index is 0.0876. The molecule has 3 nitrogen and oxygen atoms in total. The molecule has 3 rings (SSSR count). The summed E-state index contributed by atoms with van der Waals surface area (Å²) in [6.45, 7) is 2.12. The molecule has 0 atom stereocenters. The number of rotatable bonds is 4. The van der Waals surface area contributed by atoms with Crippen molar-refractivity contribution in [2.45, 2.75) is 19.8 Å². The summed E-state index contributed by atoms with van der Waals surface area (Å²) in [5.74, 6) is 0.0990. The molecule has 0 saturated carbocycles. The summed E-state index contributed by atoms with van der Waals surface area (Å²) in [7, 11) is 0. The number of anilines is 1. The zero-order chi connectivity index (χ0) is 15.5. The predicted octanol–water partition coefficient (Wildman–Crippen LogP) is 4.81. The van der Waals surface area contributed by atoms with Crippen LogP contribution in [-0.2, 0) is 6.42 Å². The molecule has 4 heteroatoms. The molecule has 2 N–H and O–H groups in total. The van der Waals surface area contributed by atoms with Gasteiger partial charge in [0.15, 0.2) is 0 Å². The van der Waals surface area contributed by atoms with Gasteiger partial charge in [0.25, 0.3) is 5.91 Å². The highest BCUT2D eigenvalue weighted by Crippen LogP contribution is 2.32. The van der Waals surface area contributed by atoms with Crippen molar-refractivity contribution in [1.29, 1.82) is 0 Å². The fourth-order valence-corrected chi connectivity index (χ4v) is 3.66. The second-order valence-electron chi connectivity index (χ2n) is 5.16. The Bertz CT molecular complexity index is 806. The lowest BCUT2D eigenvalue weighted by atomic mass is 10.1. The average Bonchev–Trinajstić information content (AvgIpc) is 2.89. The van der Waals surface area contributed by atoms with Gasteiger partial charge in [-0.3, -0.25) is 4.79 Å². The Kier molecular flexibility index (Phi) is 4.11. The molecule has 1 aromatic heterocycles. The van der Waals surface area contributed by atoms with Crippen LogP contribution >= 0.6 is 11.3 Å². The maximum Gasteiger partial charge on any atom is 0.266 e. The molecule has 0 aliphatic heterocycles. The van der Waals surface area contributed by atoms with E-state index in [1.165, 1.54) is 16.7 Å². The number of carbonyl (C=O) groups is 1. The van der Waals surface area contributed by atoms with Crippen molar-refractivity contribution in [2.24, 2.45) is 0 Å². The molecular formula is C18H17NO2S. The highest BCUT2D eigenvalue weighted by atomic mass is 32.1. The summed E-state index contributed by atoms with van der Waals surface area (Å²) in [4.78, 5) is 13.4. The lowest BCUT2D eigenvalue weighted by Crippen LogP contribution is -2.12. The van der Waals surface area contributed by atoms with E-state index in [-0.39, 0.29) is 11.7 Å². The zero-order valence-corrected chi connectivity index (χ0v) is 13.1. The Hall–Kier alpha value is -2.33. The van der Waals surface area contributed by atoms with Gasteiger partial charge < -0.3 is 10.4 Å². The number of nitrogens with one attached hydrogen (secondary N) is 1. The first-order valence-electron chi connectivity index (χ1n) is 7.30. The first-order valence-corrected chi connectivity index (χ1v) is 8.11. The van der Waals surface area contributed by atoms with Crippen molar-refractivity contribution in [3.63, 3.8) is 0 Å². The first kappa shape index (κ1) is 14.6. The highest BCUT2D eigenvalue weighted by Gasteiger charge is 2.17. The monoisotopic (exact) mass is 311 g/mol. The molecular weight excluding hydrogens is 294 g/mol. The molecule has 2 aromatic carbocycles. The Labute approximate surface area is 133 Å². The van der Waals surface area contributed by atoms with E-state index in [9.17, 15) is 9.90 Å². The van der Waals surface area contributed by atoms with Crippen molar-refractivity contribution < 1.29 is 9.90 Å². The number of aromatic hydroxyl groups is 1. The zero-order valence-electron chi connectivity index (χ0n) is 12.3. The van der Waals surface area contributed by atoms with Gasteiger partial charge in [0.2, 0.25) is 0 Å². The van der Waals surface area contributed by atoms with E-state index in [0.29, 0.717) is 5.69 Å². The van der Waals surface area contributed by atoms with Crippen LogP contribution in [0.25, 0.3) is 10.1 Å². The second kappa shape index (κ2) is 6.20. The maximum absolute atomic E-state index is 12.6. The standard InChI is InChI=1S/C18H17NO2S/c1-2-5-15-14-6-3-4-7-16(14)22-17(15)18(21)19-12-8-10-13(20)11-9-12/h3-4,6-11,20H,2,5H2,1H3,(H,19,21). The molecule has 1 heterocycles. The smallest absolute Gasteiger partial charge is 0.266 e. The Morgan fingerprint density at radius 3 is 2.59 bits per heavy atom. The average molecular weight is 311 g/mol. The summed E-state index contributed by atoms with van der Waals surface area (Å²) in [5.41, 5.74) is 1.81. The normalized spacial score (nSPS) is 10.8. The van der Waals surface area contributed by atoms with Gasteiger partial charge >= 0.3 is 0 Å². The van der Waals surface area contributed by atoms with Gasteiger partial charge in [-0.15, -0.1) is 11.3 Å². The van der Waals surface area contributed by atoms with E-state index in [2.05, 4.69) is 24.4 Å². The topological polar surface area (TPSA) is 49.3 Å². The summed E-state index contributed by atoms with van der Waals surface area (Å²) in [6.07, 6.45) is 1.89. The minimum atomic E-state index is -0.0876. The molecule has 1 amide bonds. The summed E-state index contributed by atoms with van der Waals surface area (Å²) in [6, 6.07) is 14.7. The Balaban J connectivity index is 1.96. The molecule has 0 unspecified atom stereocenters.